The van der Waals surface area contributed by atoms with Crippen molar-refractivity contribution in [3.63, 3.8) is 0 Å². The predicted molar refractivity (Wildman–Crippen MR) is 125 cm³/mol. The fourth-order valence-corrected chi connectivity index (χ4v) is 4.45. The molecule has 0 spiro atoms. The number of aliphatic carboxylic acids is 2. The summed E-state index contributed by atoms with van der Waals surface area (Å²) in [5.74, 6) is -2.92. The molecule has 0 saturated heterocycles. The van der Waals surface area contributed by atoms with Crippen LogP contribution in [0.25, 0.3) is 0 Å². The Morgan fingerprint density at radius 2 is 0.697 bits per heavy atom. The molecule has 0 fully saturated rings. The quantitative estimate of drug-likeness (QED) is 0.107. The van der Waals surface area contributed by atoms with Crippen LogP contribution in [-0.2, 0) is 9.59 Å². The first-order chi connectivity index (χ1) is 15.0. The Morgan fingerprint density at radius 3 is 0.909 bits per heavy atom. The van der Waals surface area contributed by atoms with E-state index >= 15 is 0 Å². The summed E-state index contributed by atoms with van der Waals surface area (Å²) in [5.41, 5.74) is -1.81. The fraction of sp³-hybridized carbons (Fsp3) is 0.926. The minimum atomic E-state index is -1.81. The van der Waals surface area contributed by atoms with Gasteiger partial charge in [0.25, 0.3) is 0 Å². The Bertz CT molecular complexity index is 406. The van der Waals surface area contributed by atoms with E-state index in [1.54, 1.807) is 0 Å². The molecule has 184 valence electrons. The average molecular weight is 501 g/mol. The monoisotopic (exact) mass is 500 g/mol. The smallest absolute Gasteiger partial charge is 0.549 e. The van der Waals surface area contributed by atoms with E-state index in [9.17, 15) is 19.8 Å². The van der Waals surface area contributed by atoms with Crippen LogP contribution in [0.15, 0.2) is 0 Å². The molecule has 0 bridgehead atoms. The first-order valence-electron chi connectivity index (χ1n) is 13.4. The molecule has 4 nitrogen and oxygen atoms in total. The molecule has 0 N–H and O–H groups in total. The third-order valence-corrected chi connectivity index (χ3v) is 6.70. The maximum absolute atomic E-state index is 11.7. The summed E-state index contributed by atoms with van der Waals surface area (Å²) < 4.78 is 0. The SMILES string of the molecule is CCCCCCCCCCCCC(CCCCCCCCCCCC)(C(=O)[O-])C(=O)[O-].[K+].[Na+]. The fourth-order valence-electron chi connectivity index (χ4n) is 4.45. The van der Waals surface area contributed by atoms with E-state index in [1.165, 1.54) is 77.0 Å². The molecule has 6 heteroatoms. The van der Waals surface area contributed by atoms with Crippen LogP contribution >= 0.6 is 0 Å². The van der Waals surface area contributed by atoms with Crippen molar-refractivity contribution in [3.05, 3.63) is 0 Å². The van der Waals surface area contributed by atoms with Crippen molar-refractivity contribution in [2.45, 2.75) is 155 Å². The number of carboxylic acid groups (broad SMARTS) is 2. The molecule has 0 radical (unpaired) electrons. The zero-order chi connectivity index (χ0) is 23.2. The van der Waals surface area contributed by atoms with Crippen molar-refractivity contribution in [3.8, 4) is 0 Å². The third kappa shape index (κ3) is 21.4. The molecule has 0 unspecified atom stereocenters. The number of carbonyl (C=O) groups is 2. The van der Waals surface area contributed by atoms with Gasteiger partial charge in [-0.15, -0.1) is 0 Å². The predicted octanol–water partition coefficient (Wildman–Crippen LogP) is 0.103. The topological polar surface area (TPSA) is 80.3 Å². The van der Waals surface area contributed by atoms with Gasteiger partial charge < -0.3 is 19.8 Å². The third-order valence-electron chi connectivity index (χ3n) is 6.70. The molecular formula is C27H50KNaO4. The second-order valence-corrected chi connectivity index (χ2v) is 9.52. The van der Waals surface area contributed by atoms with Crippen molar-refractivity contribution < 1.29 is 101 Å². The first-order valence-corrected chi connectivity index (χ1v) is 13.4. The largest absolute Gasteiger partial charge is 1.00 e. The Hall–Kier alpha value is 1.58. The number of hydrogen-bond acceptors (Lipinski definition) is 4. The molecular weight excluding hydrogens is 450 g/mol. The van der Waals surface area contributed by atoms with Crippen LogP contribution in [-0.4, -0.2) is 11.9 Å². The Morgan fingerprint density at radius 1 is 0.485 bits per heavy atom. The van der Waals surface area contributed by atoms with Crippen LogP contribution in [0, 0.1) is 5.41 Å². The molecule has 0 saturated carbocycles. The molecule has 0 aromatic heterocycles. The summed E-state index contributed by atoms with van der Waals surface area (Å²) in [4.78, 5) is 23.4. The summed E-state index contributed by atoms with van der Waals surface area (Å²) in [6.45, 7) is 4.44. The summed E-state index contributed by atoms with van der Waals surface area (Å²) >= 11 is 0. The number of hydrogen-bond donors (Lipinski definition) is 0. The molecule has 0 aliphatic rings. The van der Waals surface area contributed by atoms with Gasteiger partial charge in [0.2, 0.25) is 0 Å². The van der Waals surface area contributed by atoms with Gasteiger partial charge in [0.1, 0.15) is 0 Å². The maximum atomic E-state index is 11.7. The van der Waals surface area contributed by atoms with Gasteiger partial charge in [0, 0.05) is 5.41 Å². The Labute approximate surface area is 269 Å². The summed E-state index contributed by atoms with van der Waals surface area (Å²) in [5, 5.41) is 23.4. The Balaban J connectivity index is -0.00000450. The summed E-state index contributed by atoms with van der Waals surface area (Å²) in [6.07, 6.45) is 23.0. The van der Waals surface area contributed by atoms with Crippen molar-refractivity contribution in [1.82, 2.24) is 0 Å². The van der Waals surface area contributed by atoms with E-state index in [-0.39, 0.29) is 93.8 Å². The van der Waals surface area contributed by atoms with Crippen LogP contribution in [0.5, 0.6) is 0 Å². The zero-order valence-electron chi connectivity index (χ0n) is 22.7. The average Bonchev–Trinajstić information content (AvgIpc) is 2.74. The molecule has 33 heavy (non-hydrogen) atoms. The minimum absolute atomic E-state index is 0. The van der Waals surface area contributed by atoms with E-state index < -0.39 is 17.4 Å². The molecule has 0 heterocycles. The van der Waals surface area contributed by atoms with Gasteiger partial charge >= 0.3 is 80.9 Å². The molecule has 0 amide bonds. The van der Waals surface area contributed by atoms with Gasteiger partial charge in [0.05, 0.1) is 11.9 Å². The second kappa shape index (κ2) is 28.2. The molecule has 0 atom stereocenters. The van der Waals surface area contributed by atoms with Crippen LogP contribution in [0.4, 0.5) is 0 Å². The number of carbonyl (C=O) groups excluding carboxylic acids is 2. The normalized spacial score (nSPS) is 11.0. The van der Waals surface area contributed by atoms with Gasteiger partial charge in [-0.3, -0.25) is 0 Å². The first kappa shape index (κ1) is 39.1. The van der Waals surface area contributed by atoms with E-state index in [4.69, 9.17) is 0 Å². The standard InChI is InChI=1S/C27H52O4.K.Na/c1-3-5-7-9-11-13-15-17-19-21-23-27(25(28)29,26(30)31)24-22-20-18-16-14-12-10-8-6-4-2;;/h3-24H2,1-2H3,(H,28,29)(H,30,31);;/q;2*+1/p-2. The van der Waals surface area contributed by atoms with Gasteiger partial charge in [0.15, 0.2) is 0 Å². The number of carboxylic acids is 2. The molecule has 0 rings (SSSR count). The molecule has 0 aromatic rings. The number of rotatable bonds is 24. The number of unbranched alkanes of at least 4 members (excludes halogenated alkanes) is 18. The molecule has 0 aliphatic heterocycles. The van der Waals surface area contributed by atoms with Crippen LogP contribution in [0.2, 0.25) is 0 Å². The van der Waals surface area contributed by atoms with Crippen LogP contribution in [0.3, 0.4) is 0 Å². The van der Waals surface area contributed by atoms with E-state index in [0.717, 1.165) is 38.5 Å². The molecule has 0 aliphatic carbocycles. The second-order valence-electron chi connectivity index (χ2n) is 9.52. The molecule has 0 aromatic carbocycles. The minimum Gasteiger partial charge on any atom is -0.549 e. The van der Waals surface area contributed by atoms with Gasteiger partial charge in [-0.05, 0) is 12.8 Å². The van der Waals surface area contributed by atoms with E-state index in [0.29, 0.717) is 12.8 Å². The van der Waals surface area contributed by atoms with Gasteiger partial charge in [-0.1, -0.05) is 142 Å². The van der Waals surface area contributed by atoms with Crippen molar-refractivity contribution in [1.29, 1.82) is 0 Å². The zero-order valence-corrected chi connectivity index (χ0v) is 27.8. The van der Waals surface area contributed by atoms with Crippen LogP contribution < -0.4 is 91.2 Å². The van der Waals surface area contributed by atoms with Crippen LogP contribution in [0.1, 0.15) is 155 Å². The van der Waals surface area contributed by atoms with E-state index in [2.05, 4.69) is 13.8 Å². The van der Waals surface area contributed by atoms with Crippen molar-refractivity contribution >= 4 is 11.9 Å². The Kier molecular flexibility index (Phi) is 33.4. The van der Waals surface area contributed by atoms with Gasteiger partial charge in [-0.2, -0.15) is 0 Å². The maximum Gasteiger partial charge on any atom is 1.00 e. The van der Waals surface area contributed by atoms with Crippen molar-refractivity contribution in [2.75, 3.05) is 0 Å². The summed E-state index contributed by atoms with van der Waals surface area (Å²) in [7, 11) is 0. The van der Waals surface area contributed by atoms with Gasteiger partial charge in [-0.25, -0.2) is 0 Å². The summed E-state index contributed by atoms with van der Waals surface area (Å²) in [6, 6.07) is 0. The van der Waals surface area contributed by atoms with Crippen molar-refractivity contribution in [2.24, 2.45) is 5.41 Å². The van der Waals surface area contributed by atoms with E-state index in [1.807, 2.05) is 0 Å².